The Balaban J connectivity index is 2.91. The Labute approximate surface area is 93.5 Å². The van der Waals surface area contributed by atoms with Gasteiger partial charge in [-0.1, -0.05) is 0 Å². The largest absolute Gasteiger partial charge is 0.504 e. The fraction of sp³-hybridized carbons (Fsp3) is 0. The molecule has 1 aromatic rings. The van der Waals surface area contributed by atoms with Crippen molar-refractivity contribution >= 4 is 17.3 Å². The molecule has 17 heavy (non-hydrogen) atoms. The number of benzene rings is 1. The predicted octanol–water partition coefficient (Wildman–Crippen LogP) is 0.353. The van der Waals surface area contributed by atoms with Crippen LogP contribution in [0.5, 0.6) is 17.2 Å². The molecule has 0 fully saturated rings. The van der Waals surface area contributed by atoms with Crippen molar-refractivity contribution < 1.29 is 35.1 Å². The second-order valence-electron chi connectivity index (χ2n) is 3.37. The van der Waals surface area contributed by atoms with Gasteiger partial charge in [0.1, 0.15) is 0 Å². The number of ketones is 2. The van der Waals surface area contributed by atoms with Crippen molar-refractivity contribution in [3.63, 3.8) is 0 Å². The van der Waals surface area contributed by atoms with E-state index < -0.39 is 51.5 Å². The quantitative estimate of drug-likeness (QED) is 0.325. The maximum absolute atomic E-state index is 11.4. The molecule has 5 N–H and O–H groups in total. The molecule has 88 valence electrons. The minimum Gasteiger partial charge on any atom is -0.504 e. The molecule has 0 radical (unpaired) electrons. The lowest BCUT2D eigenvalue weighted by molar-refractivity contribution is -0.114. The predicted molar refractivity (Wildman–Crippen MR) is 53.0 cm³/mol. The number of hydrogen-bond acceptors (Lipinski definition) is 7. The van der Waals surface area contributed by atoms with E-state index in [1.54, 1.807) is 0 Å². The SMILES string of the molecule is O=C1C(=O)c2c(cc(O)c(O)c2O)C(O)=C1O. The van der Waals surface area contributed by atoms with Gasteiger partial charge in [0.05, 0.1) is 5.56 Å². The Morgan fingerprint density at radius 3 is 1.94 bits per heavy atom. The van der Waals surface area contributed by atoms with E-state index in [0.717, 1.165) is 6.07 Å². The maximum atomic E-state index is 11.4. The molecule has 0 spiro atoms. The summed E-state index contributed by atoms with van der Waals surface area (Å²) in [4.78, 5) is 22.6. The second-order valence-corrected chi connectivity index (χ2v) is 3.37. The number of aliphatic hydroxyl groups is 2. The van der Waals surface area contributed by atoms with Crippen LogP contribution in [0.4, 0.5) is 0 Å². The number of carbonyl (C=O) groups is 2. The normalized spacial score (nSPS) is 15.1. The Hall–Kier alpha value is -2.70. The molecule has 0 aliphatic heterocycles. The first-order valence-electron chi connectivity index (χ1n) is 4.35. The van der Waals surface area contributed by atoms with E-state index in [-0.39, 0.29) is 0 Å². The molecule has 0 amide bonds. The van der Waals surface area contributed by atoms with Gasteiger partial charge in [0.25, 0.3) is 5.78 Å². The number of carbonyl (C=O) groups excluding carboxylic acids is 2. The van der Waals surface area contributed by atoms with Crippen LogP contribution in [0.1, 0.15) is 15.9 Å². The van der Waals surface area contributed by atoms with Crippen LogP contribution < -0.4 is 0 Å². The number of phenolic OH excluding ortho intramolecular Hbond substituents is 3. The van der Waals surface area contributed by atoms with Gasteiger partial charge >= 0.3 is 0 Å². The zero-order valence-corrected chi connectivity index (χ0v) is 8.13. The molecule has 0 bridgehead atoms. The molecule has 0 saturated heterocycles. The smallest absolute Gasteiger partial charge is 0.271 e. The Kier molecular flexibility index (Phi) is 2.00. The highest BCUT2D eigenvalue weighted by Crippen LogP contribution is 2.43. The molecule has 0 heterocycles. The Bertz CT molecular complexity index is 597. The van der Waals surface area contributed by atoms with Crippen LogP contribution in [0, 0.1) is 0 Å². The van der Waals surface area contributed by atoms with Crippen molar-refractivity contribution in [3.8, 4) is 17.2 Å². The van der Waals surface area contributed by atoms with Gasteiger partial charge in [-0.3, -0.25) is 9.59 Å². The highest BCUT2D eigenvalue weighted by atomic mass is 16.3. The third-order valence-electron chi connectivity index (χ3n) is 2.38. The topological polar surface area (TPSA) is 135 Å². The van der Waals surface area contributed by atoms with Crippen molar-refractivity contribution in [1.29, 1.82) is 0 Å². The van der Waals surface area contributed by atoms with Gasteiger partial charge in [0.2, 0.25) is 17.3 Å². The molecule has 1 aliphatic carbocycles. The monoisotopic (exact) mass is 238 g/mol. The molecule has 0 aromatic heterocycles. The van der Waals surface area contributed by atoms with Gasteiger partial charge in [0.15, 0.2) is 17.3 Å². The number of rotatable bonds is 0. The van der Waals surface area contributed by atoms with E-state index in [1.165, 1.54) is 0 Å². The van der Waals surface area contributed by atoms with Crippen molar-refractivity contribution in [2.75, 3.05) is 0 Å². The number of fused-ring (bicyclic) bond motifs is 1. The first-order chi connectivity index (χ1) is 7.86. The summed E-state index contributed by atoms with van der Waals surface area (Å²) in [5, 5.41) is 46.4. The molecular weight excluding hydrogens is 232 g/mol. The summed E-state index contributed by atoms with van der Waals surface area (Å²) in [6.45, 7) is 0. The van der Waals surface area contributed by atoms with E-state index in [1.807, 2.05) is 0 Å². The van der Waals surface area contributed by atoms with Crippen LogP contribution in [-0.2, 0) is 4.79 Å². The average Bonchev–Trinajstić information content (AvgIpc) is 2.30. The number of Topliss-reactive ketones (excluding diaryl/α,β-unsaturated/α-hetero) is 2. The zero-order chi connectivity index (χ0) is 12.9. The average molecular weight is 238 g/mol. The summed E-state index contributed by atoms with van der Waals surface area (Å²) in [6, 6.07) is 0.750. The molecule has 7 nitrogen and oxygen atoms in total. The summed E-state index contributed by atoms with van der Waals surface area (Å²) in [6.07, 6.45) is 0. The van der Waals surface area contributed by atoms with Crippen LogP contribution in [-0.4, -0.2) is 37.1 Å². The van der Waals surface area contributed by atoms with Gasteiger partial charge in [-0.2, -0.15) is 0 Å². The lowest BCUT2D eigenvalue weighted by Gasteiger charge is -2.16. The minimum absolute atomic E-state index is 0.431. The summed E-state index contributed by atoms with van der Waals surface area (Å²) in [5.41, 5.74) is -1.10. The second kappa shape index (κ2) is 3.14. The van der Waals surface area contributed by atoms with E-state index >= 15 is 0 Å². The van der Waals surface area contributed by atoms with Gasteiger partial charge in [0, 0.05) is 5.56 Å². The highest BCUT2D eigenvalue weighted by molar-refractivity contribution is 6.52. The molecule has 2 rings (SSSR count). The molecule has 0 saturated carbocycles. The molecule has 7 heteroatoms. The van der Waals surface area contributed by atoms with Gasteiger partial charge in [-0.15, -0.1) is 0 Å². The number of hydrogen-bond donors (Lipinski definition) is 5. The summed E-state index contributed by atoms with van der Waals surface area (Å²) in [5.74, 6) is -7.64. The van der Waals surface area contributed by atoms with E-state index in [9.17, 15) is 30.0 Å². The summed E-state index contributed by atoms with van der Waals surface area (Å²) >= 11 is 0. The zero-order valence-electron chi connectivity index (χ0n) is 8.13. The summed E-state index contributed by atoms with van der Waals surface area (Å²) in [7, 11) is 0. The minimum atomic E-state index is -1.41. The molecule has 0 atom stereocenters. The van der Waals surface area contributed by atoms with Gasteiger partial charge in [-0.05, 0) is 6.07 Å². The van der Waals surface area contributed by atoms with Crippen molar-refractivity contribution in [3.05, 3.63) is 23.0 Å². The van der Waals surface area contributed by atoms with Crippen LogP contribution in [0.3, 0.4) is 0 Å². The van der Waals surface area contributed by atoms with Crippen molar-refractivity contribution in [2.45, 2.75) is 0 Å². The Morgan fingerprint density at radius 1 is 0.765 bits per heavy atom. The first-order valence-corrected chi connectivity index (χ1v) is 4.35. The third kappa shape index (κ3) is 1.22. The molecule has 0 unspecified atom stereocenters. The lowest BCUT2D eigenvalue weighted by Crippen LogP contribution is -2.24. The van der Waals surface area contributed by atoms with Crippen molar-refractivity contribution in [2.24, 2.45) is 0 Å². The Morgan fingerprint density at radius 2 is 1.35 bits per heavy atom. The van der Waals surface area contributed by atoms with E-state index in [4.69, 9.17) is 5.11 Å². The van der Waals surface area contributed by atoms with Crippen LogP contribution in [0.2, 0.25) is 0 Å². The lowest BCUT2D eigenvalue weighted by atomic mass is 9.91. The van der Waals surface area contributed by atoms with Gasteiger partial charge in [-0.25, -0.2) is 0 Å². The molecule has 1 aliphatic rings. The third-order valence-corrected chi connectivity index (χ3v) is 2.38. The van der Waals surface area contributed by atoms with Crippen molar-refractivity contribution in [1.82, 2.24) is 0 Å². The fourth-order valence-electron chi connectivity index (χ4n) is 1.52. The number of aliphatic hydroxyl groups excluding tert-OH is 2. The summed E-state index contributed by atoms with van der Waals surface area (Å²) < 4.78 is 0. The van der Waals surface area contributed by atoms with E-state index in [2.05, 4.69) is 0 Å². The van der Waals surface area contributed by atoms with Crippen LogP contribution >= 0.6 is 0 Å². The van der Waals surface area contributed by atoms with Crippen LogP contribution in [0.25, 0.3) is 5.76 Å². The van der Waals surface area contributed by atoms with E-state index in [0.29, 0.717) is 0 Å². The maximum Gasteiger partial charge on any atom is 0.271 e. The molecular formula is C10H6O7. The van der Waals surface area contributed by atoms with Crippen LogP contribution in [0.15, 0.2) is 11.8 Å². The standard InChI is InChI=1S/C10H6O7/c11-3-1-2-4(7(14)6(3)13)8(15)10(17)9(16)5(2)12/h1,11-14,16H. The fourth-order valence-corrected chi connectivity index (χ4v) is 1.52. The number of phenols is 3. The number of aromatic hydroxyl groups is 3. The number of allylic oxidation sites excluding steroid dienone is 1. The molecule has 1 aromatic carbocycles. The highest BCUT2D eigenvalue weighted by Gasteiger charge is 2.37. The van der Waals surface area contributed by atoms with Gasteiger partial charge < -0.3 is 25.5 Å². The first kappa shape index (κ1) is 10.8.